The van der Waals surface area contributed by atoms with E-state index in [1.165, 1.54) is 6.07 Å². The predicted octanol–water partition coefficient (Wildman–Crippen LogP) is 2.67. The fourth-order valence-corrected chi connectivity index (χ4v) is 3.54. The number of nitrogens with one attached hydrogen (secondary N) is 1. The van der Waals surface area contributed by atoms with Crippen LogP contribution in [0.3, 0.4) is 0 Å². The minimum Gasteiger partial charge on any atom is -0.496 e. The van der Waals surface area contributed by atoms with Crippen LogP contribution in [0.2, 0.25) is 0 Å². The first-order valence-corrected chi connectivity index (χ1v) is 8.97. The van der Waals surface area contributed by atoms with Crippen molar-refractivity contribution in [2.45, 2.75) is 18.2 Å². The van der Waals surface area contributed by atoms with E-state index in [9.17, 15) is 8.42 Å². The lowest BCUT2D eigenvalue weighted by molar-refractivity contribution is 0.411. The Balaban J connectivity index is 1.67. The summed E-state index contributed by atoms with van der Waals surface area (Å²) in [6.45, 7) is 2.01. The number of ether oxygens (including phenoxy) is 1. The highest BCUT2D eigenvalue weighted by Crippen LogP contribution is 2.21. The largest absolute Gasteiger partial charge is 0.496 e. The summed E-state index contributed by atoms with van der Waals surface area (Å²) in [7, 11) is -2.03. The molecule has 0 spiro atoms. The van der Waals surface area contributed by atoms with Crippen LogP contribution in [0, 0.1) is 6.92 Å². The van der Waals surface area contributed by atoms with Gasteiger partial charge in [-0.15, -0.1) is 0 Å². The van der Waals surface area contributed by atoms with E-state index < -0.39 is 10.0 Å². The molecule has 0 radical (unpaired) electrons. The Hall–Kier alpha value is -2.38. The Morgan fingerprint density at radius 2 is 2.00 bits per heavy atom. The van der Waals surface area contributed by atoms with Gasteiger partial charge < -0.3 is 9.15 Å². The zero-order chi connectivity index (χ0) is 17.2. The lowest BCUT2D eigenvalue weighted by Gasteiger charge is -2.09. The van der Waals surface area contributed by atoms with Crippen molar-refractivity contribution in [3.63, 3.8) is 0 Å². The first-order valence-electron chi connectivity index (χ1n) is 7.48. The molecule has 6 nitrogen and oxygen atoms in total. The van der Waals surface area contributed by atoms with Crippen molar-refractivity contribution in [1.82, 2.24) is 9.71 Å². The van der Waals surface area contributed by atoms with E-state index in [0.717, 1.165) is 11.1 Å². The second-order valence-corrected chi connectivity index (χ2v) is 7.12. The van der Waals surface area contributed by atoms with Crippen LogP contribution in [0.15, 0.2) is 51.8 Å². The smallest absolute Gasteiger partial charge is 0.240 e. The van der Waals surface area contributed by atoms with Gasteiger partial charge >= 0.3 is 0 Å². The second kappa shape index (κ2) is 6.62. The number of hydrogen-bond donors (Lipinski definition) is 1. The van der Waals surface area contributed by atoms with E-state index in [1.807, 2.05) is 24.3 Å². The van der Waals surface area contributed by atoms with E-state index in [1.54, 1.807) is 26.2 Å². The van der Waals surface area contributed by atoms with Crippen LogP contribution in [0.1, 0.15) is 11.5 Å². The SMILES string of the molecule is COc1ccc(S(=O)(=O)NCCc2nc3ccccc3o2)cc1C. The maximum absolute atomic E-state index is 12.3. The van der Waals surface area contributed by atoms with Gasteiger partial charge in [-0.25, -0.2) is 18.1 Å². The number of benzene rings is 2. The van der Waals surface area contributed by atoms with Crippen molar-refractivity contribution >= 4 is 21.1 Å². The molecule has 7 heteroatoms. The molecule has 3 aromatic rings. The lowest BCUT2D eigenvalue weighted by atomic mass is 10.2. The van der Waals surface area contributed by atoms with Crippen LogP contribution >= 0.6 is 0 Å². The Morgan fingerprint density at radius 3 is 2.71 bits per heavy atom. The average molecular weight is 346 g/mol. The van der Waals surface area contributed by atoms with Crippen molar-refractivity contribution < 1.29 is 17.6 Å². The Labute approximate surface area is 140 Å². The zero-order valence-electron chi connectivity index (χ0n) is 13.4. The average Bonchev–Trinajstić information content (AvgIpc) is 2.97. The molecule has 0 atom stereocenters. The first-order chi connectivity index (χ1) is 11.5. The van der Waals surface area contributed by atoms with Crippen LogP contribution in [-0.4, -0.2) is 27.1 Å². The molecule has 1 N–H and O–H groups in total. The molecule has 0 saturated heterocycles. The van der Waals surface area contributed by atoms with E-state index in [2.05, 4.69) is 9.71 Å². The molecular formula is C17H18N2O4S. The number of para-hydroxylation sites is 2. The third kappa shape index (κ3) is 3.42. The summed E-state index contributed by atoms with van der Waals surface area (Å²) < 4.78 is 38.0. The molecule has 1 aromatic heterocycles. The maximum Gasteiger partial charge on any atom is 0.240 e. The Kier molecular flexibility index (Phi) is 4.55. The van der Waals surface area contributed by atoms with Gasteiger partial charge in [0.25, 0.3) is 0 Å². The van der Waals surface area contributed by atoms with Gasteiger partial charge in [0.2, 0.25) is 10.0 Å². The molecule has 1 heterocycles. The summed E-state index contributed by atoms with van der Waals surface area (Å²) in [4.78, 5) is 4.53. The summed E-state index contributed by atoms with van der Waals surface area (Å²) in [5.74, 6) is 1.16. The summed E-state index contributed by atoms with van der Waals surface area (Å²) in [6.07, 6.45) is 0.378. The Bertz CT molecular complexity index is 931. The molecule has 0 fully saturated rings. The van der Waals surface area contributed by atoms with Crippen molar-refractivity contribution in [2.24, 2.45) is 0 Å². The van der Waals surface area contributed by atoms with Crippen LogP contribution < -0.4 is 9.46 Å². The number of nitrogens with zero attached hydrogens (tertiary/aromatic N) is 1. The van der Waals surface area contributed by atoms with Crippen molar-refractivity contribution in [2.75, 3.05) is 13.7 Å². The summed E-state index contributed by atoms with van der Waals surface area (Å²) in [6, 6.07) is 12.2. The first kappa shape index (κ1) is 16.5. The van der Waals surface area contributed by atoms with Gasteiger partial charge in [-0.05, 0) is 42.8 Å². The van der Waals surface area contributed by atoms with Crippen molar-refractivity contribution in [3.8, 4) is 5.75 Å². The topological polar surface area (TPSA) is 81.4 Å². The molecule has 0 aliphatic heterocycles. The molecule has 0 aliphatic carbocycles. The van der Waals surface area contributed by atoms with Crippen LogP contribution in [0.4, 0.5) is 0 Å². The summed E-state index contributed by atoms with van der Waals surface area (Å²) >= 11 is 0. The molecule has 24 heavy (non-hydrogen) atoms. The monoisotopic (exact) mass is 346 g/mol. The molecule has 0 unspecified atom stereocenters. The van der Waals surface area contributed by atoms with E-state index >= 15 is 0 Å². The molecule has 0 amide bonds. The standard InChI is InChI=1S/C17H18N2O4S/c1-12-11-13(7-8-15(12)22-2)24(20,21)18-10-9-17-19-14-5-3-4-6-16(14)23-17/h3-8,11,18H,9-10H2,1-2H3. The number of rotatable bonds is 6. The summed E-state index contributed by atoms with van der Waals surface area (Å²) in [5, 5.41) is 0. The normalized spacial score (nSPS) is 11.8. The number of aryl methyl sites for hydroxylation is 1. The van der Waals surface area contributed by atoms with Gasteiger partial charge in [-0.1, -0.05) is 12.1 Å². The molecule has 3 rings (SSSR count). The molecule has 2 aromatic carbocycles. The van der Waals surface area contributed by atoms with E-state index in [0.29, 0.717) is 23.6 Å². The van der Waals surface area contributed by atoms with Crippen molar-refractivity contribution in [3.05, 3.63) is 53.9 Å². The molecule has 126 valence electrons. The molecule has 0 saturated carbocycles. The van der Waals surface area contributed by atoms with Crippen LogP contribution in [0.5, 0.6) is 5.75 Å². The highest BCUT2D eigenvalue weighted by Gasteiger charge is 2.15. The minimum atomic E-state index is -3.58. The fourth-order valence-electron chi connectivity index (χ4n) is 2.42. The Morgan fingerprint density at radius 1 is 1.21 bits per heavy atom. The third-order valence-corrected chi connectivity index (χ3v) is 5.10. The third-order valence-electron chi connectivity index (χ3n) is 3.65. The van der Waals surface area contributed by atoms with Gasteiger partial charge in [-0.3, -0.25) is 0 Å². The van der Waals surface area contributed by atoms with Gasteiger partial charge in [0, 0.05) is 13.0 Å². The minimum absolute atomic E-state index is 0.207. The fraction of sp³-hybridized carbons (Fsp3) is 0.235. The summed E-state index contributed by atoms with van der Waals surface area (Å²) in [5.41, 5.74) is 2.22. The molecular weight excluding hydrogens is 328 g/mol. The maximum atomic E-state index is 12.3. The highest BCUT2D eigenvalue weighted by molar-refractivity contribution is 7.89. The van der Waals surface area contributed by atoms with Gasteiger partial charge in [0.15, 0.2) is 11.5 Å². The molecule has 0 bridgehead atoms. The van der Waals surface area contributed by atoms with Gasteiger partial charge in [-0.2, -0.15) is 0 Å². The van der Waals surface area contributed by atoms with Gasteiger partial charge in [0.05, 0.1) is 12.0 Å². The number of sulfonamides is 1. The number of fused-ring (bicyclic) bond motifs is 1. The number of hydrogen-bond acceptors (Lipinski definition) is 5. The quantitative estimate of drug-likeness (QED) is 0.742. The van der Waals surface area contributed by atoms with E-state index in [-0.39, 0.29) is 11.4 Å². The van der Waals surface area contributed by atoms with E-state index in [4.69, 9.17) is 9.15 Å². The van der Waals surface area contributed by atoms with Crippen LogP contribution in [0.25, 0.3) is 11.1 Å². The second-order valence-electron chi connectivity index (χ2n) is 5.35. The van der Waals surface area contributed by atoms with Crippen molar-refractivity contribution in [1.29, 1.82) is 0 Å². The zero-order valence-corrected chi connectivity index (χ0v) is 14.3. The number of aromatic nitrogens is 1. The molecule has 0 aliphatic rings. The highest BCUT2D eigenvalue weighted by atomic mass is 32.2. The predicted molar refractivity (Wildman–Crippen MR) is 90.6 cm³/mol. The van der Waals surface area contributed by atoms with Crippen LogP contribution in [-0.2, 0) is 16.4 Å². The lowest BCUT2D eigenvalue weighted by Crippen LogP contribution is -2.26. The number of methoxy groups -OCH3 is 1. The van der Waals surface area contributed by atoms with Gasteiger partial charge in [0.1, 0.15) is 11.3 Å². The number of oxazole rings is 1.